The summed E-state index contributed by atoms with van der Waals surface area (Å²) in [6, 6.07) is 25.4. The normalized spacial score (nSPS) is 14.9. The third-order valence-electron chi connectivity index (χ3n) is 6.29. The van der Waals surface area contributed by atoms with Crippen molar-refractivity contribution in [2.75, 3.05) is 31.1 Å². The molecule has 6 rings (SSSR count). The minimum Gasteiger partial charge on any atom is -0.353 e. The van der Waals surface area contributed by atoms with Crippen molar-refractivity contribution in [3.05, 3.63) is 90.9 Å². The van der Waals surface area contributed by atoms with Gasteiger partial charge in [0.2, 0.25) is 0 Å². The molecule has 0 amide bonds. The van der Waals surface area contributed by atoms with Crippen LogP contribution in [0.4, 0.5) is 5.82 Å². The number of para-hydroxylation sites is 1. The van der Waals surface area contributed by atoms with E-state index in [0.717, 1.165) is 55.3 Å². The lowest BCUT2D eigenvalue weighted by molar-refractivity contribution is 0.250. The minimum absolute atomic E-state index is 0.847. The first-order chi connectivity index (χ1) is 15.9. The Morgan fingerprint density at radius 2 is 1.50 bits per heavy atom. The molecule has 6 nitrogen and oxygen atoms in total. The zero-order chi connectivity index (χ0) is 21.3. The lowest BCUT2D eigenvalue weighted by Gasteiger charge is -2.35. The molecular weight excluding hydrogens is 396 g/mol. The topological polar surface area (TPSA) is 50.1 Å². The number of aromatic nitrogens is 4. The molecule has 5 aromatic rings. The molecule has 6 heteroatoms. The molecule has 0 N–H and O–H groups in total. The van der Waals surface area contributed by atoms with Crippen LogP contribution in [0.15, 0.2) is 85.3 Å². The van der Waals surface area contributed by atoms with Crippen LogP contribution in [0.5, 0.6) is 0 Å². The Morgan fingerprint density at radius 1 is 0.719 bits per heavy atom. The Kier molecular flexibility index (Phi) is 4.77. The van der Waals surface area contributed by atoms with E-state index in [0.29, 0.717) is 0 Å². The van der Waals surface area contributed by atoms with E-state index in [4.69, 9.17) is 0 Å². The van der Waals surface area contributed by atoms with Crippen LogP contribution in [0.1, 0.15) is 5.56 Å². The summed E-state index contributed by atoms with van der Waals surface area (Å²) in [7, 11) is 0. The van der Waals surface area contributed by atoms with Crippen LogP contribution in [0, 0.1) is 0 Å². The molecule has 0 atom stereocenters. The summed E-state index contributed by atoms with van der Waals surface area (Å²) < 4.78 is 1.89. The largest absolute Gasteiger partial charge is 0.353 e. The molecular formula is C26H24N6. The molecule has 0 unspecified atom stereocenters. The van der Waals surface area contributed by atoms with Crippen LogP contribution < -0.4 is 4.90 Å². The molecule has 1 saturated heterocycles. The fraction of sp³-hybridized carbons (Fsp3) is 0.192. The lowest BCUT2D eigenvalue weighted by Crippen LogP contribution is -2.46. The van der Waals surface area contributed by atoms with Gasteiger partial charge in [-0.25, -0.2) is 14.6 Å². The molecule has 0 radical (unpaired) electrons. The predicted octanol–water partition coefficient (Wildman–Crippen LogP) is 4.29. The van der Waals surface area contributed by atoms with Crippen molar-refractivity contribution in [3.63, 3.8) is 0 Å². The van der Waals surface area contributed by atoms with Gasteiger partial charge in [-0.1, -0.05) is 60.7 Å². The lowest BCUT2D eigenvalue weighted by atomic mass is 10.0. The van der Waals surface area contributed by atoms with E-state index >= 15 is 0 Å². The number of benzene rings is 3. The van der Waals surface area contributed by atoms with E-state index < -0.39 is 0 Å². The number of piperazine rings is 1. The Bertz CT molecular complexity index is 1360. The van der Waals surface area contributed by atoms with Crippen molar-refractivity contribution in [2.24, 2.45) is 0 Å². The minimum atomic E-state index is 0.847. The number of nitrogens with zero attached hydrogens (tertiary/aromatic N) is 6. The number of rotatable bonds is 4. The van der Waals surface area contributed by atoms with Gasteiger partial charge in [0.1, 0.15) is 12.1 Å². The highest BCUT2D eigenvalue weighted by Crippen LogP contribution is 2.26. The smallest absolute Gasteiger partial charge is 0.168 e. The molecule has 158 valence electrons. The maximum Gasteiger partial charge on any atom is 0.168 e. The van der Waals surface area contributed by atoms with Crippen molar-refractivity contribution < 1.29 is 0 Å². The van der Waals surface area contributed by atoms with Gasteiger partial charge in [-0.2, -0.15) is 5.10 Å². The number of anilines is 1. The van der Waals surface area contributed by atoms with E-state index in [9.17, 15) is 0 Å². The van der Waals surface area contributed by atoms with Crippen molar-refractivity contribution >= 4 is 27.6 Å². The van der Waals surface area contributed by atoms with Gasteiger partial charge in [0.25, 0.3) is 0 Å². The molecule has 3 heterocycles. The van der Waals surface area contributed by atoms with E-state index in [2.05, 4.69) is 67.3 Å². The van der Waals surface area contributed by atoms with Gasteiger partial charge in [0.05, 0.1) is 17.3 Å². The monoisotopic (exact) mass is 420 g/mol. The van der Waals surface area contributed by atoms with Gasteiger partial charge in [-0.15, -0.1) is 0 Å². The van der Waals surface area contributed by atoms with Crippen LogP contribution in [0.2, 0.25) is 0 Å². The van der Waals surface area contributed by atoms with Crippen LogP contribution in [0.25, 0.3) is 27.5 Å². The van der Waals surface area contributed by atoms with Gasteiger partial charge in [0, 0.05) is 32.7 Å². The fourth-order valence-corrected chi connectivity index (χ4v) is 4.63. The van der Waals surface area contributed by atoms with Crippen LogP contribution in [-0.2, 0) is 6.54 Å². The first-order valence-corrected chi connectivity index (χ1v) is 11.0. The first-order valence-electron chi connectivity index (χ1n) is 11.0. The molecule has 1 fully saturated rings. The van der Waals surface area contributed by atoms with E-state index in [-0.39, 0.29) is 0 Å². The maximum absolute atomic E-state index is 4.63. The molecule has 1 aliphatic heterocycles. The Balaban J connectivity index is 1.21. The molecule has 0 spiro atoms. The van der Waals surface area contributed by atoms with Gasteiger partial charge in [-0.3, -0.25) is 4.90 Å². The van der Waals surface area contributed by atoms with Crippen molar-refractivity contribution in [1.82, 2.24) is 24.6 Å². The summed E-state index contributed by atoms with van der Waals surface area (Å²) in [4.78, 5) is 14.0. The standard InChI is InChI=1S/C26H24N6/c1-2-10-22(11-3-1)32-26-24(17-29-32)25(27-19-28-26)31-15-13-30(14-16-31)18-21-9-6-8-20-7-4-5-12-23(20)21/h1-12,17,19H,13-16,18H2. The van der Waals surface area contributed by atoms with E-state index in [1.807, 2.05) is 41.2 Å². The summed E-state index contributed by atoms with van der Waals surface area (Å²) in [6.07, 6.45) is 3.54. The third kappa shape index (κ3) is 3.39. The SMILES string of the molecule is c1ccc(-n2ncc3c(N4CCN(Cc5cccc6ccccc56)CC4)ncnc32)cc1. The molecule has 1 aliphatic rings. The van der Waals surface area contributed by atoms with Crippen LogP contribution >= 0.6 is 0 Å². The highest BCUT2D eigenvalue weighted by atomic mass is 15.3. The second-order valence-corrected chi connectivity index (χ2v) is 8.23. The molecule has 3 aromatic carbocycles. The van der Waals surface area contributed by atoms with E-state index in [1.165, 1.54) is 16.3 Å². The molecule has 2 aromatic heterocycles. The highest BCUT2D eigenvalue weighted by molar-refractivity contribution is 5.88. The molecule has 32 heavy (non-hydrogen) atoms. The van der Waals surface area contributed by atoms with Gasteiger partial charge in [0.15, 0.2) is 5.65 Å². The number of hydrogen-bond donors (Lipinski definition) is 0. The van der Waals surface area contributed by atoms with Gasteiger partial charge in [-0.05, 0) is 28.5 Å². The van der Waals surface area contributed by atoms with Gasteiger partial charge >= 0.3 is 0 Å². The van der Waals surface area contributed by atoms with Gasteiger partial charge < -0.3 is 4.90 Å². The summed E-state index contributed by atoms with van der Waals surface area (Å²) >= 11 is 0. The highest BCUT2D eigenvalue weighted by Gasteiger charge is 2.22. The third-order valence-corrected chi connectivity index (χ3v) is 6.29. The predicted molar refractivity (Wildman–Crippen MR) is 128 cm³/mol. The molecule has 0 saturated carbocycles. The zero-order valence-corrected chi connectivity index (χ0v) is 17.8. The number of fused-ring (bicyclic) bond motifs is 2. The Labute approximate surface area is 186 Å². The van der Waals surface area contributed by atoms with Crippen LogP contribution in [-0.4, -0.2) is 50.8 Å². The summed E-state index contributed by atoms with van der Waals surface area (Å²) in [5, 5.41) is 8.25. The number of hydrogen-bond acceptors (Lipinski definition) is 5. The average molecular weight is 421 g/mol. The second kappa shape index (κ2) is 8.05. The summed E-state index contributed by atoms with van der Waals surface area (Å²) in [6.45, 7) is 4.85. The maximum atomic E-state index is 4.63. The quantitative estimate of drug-likeness (QED) is 0.434. The first kappa shape index (κ1) is 19.0. The average Bonchev–Trinajstić information content (AvgIpc) is 3.30. The Morgan fingerprint density at radius 3 is 2.38 bits per heavy atom. The van der Waals surface area contributed by atoms with Crippen molar-refractivity contribution in [1.29, 1.82) is 0 Å². The summed E-state index contributed by atoms with van der Waals surface area (Å²) in [5.41, 5.74) is 3.25. The second-order valence-electron chi connectivity index (χ2n) is 8.23. The summed E-state index contributed by atoms with van der Waals surface area (Å²) in [5.74, 6) is 0.974. The zero-order valence-electron chi connectivity index (χ0n) is 17.8. The Hall–Kier alpha value is -3.77. The van der Waals surface area contributed by atoms with Crippen molar-refractivity contribution in [3.8, 4) is 5.69 Å². The van der Waals surface area contributed by atoms with Crippen LogP contribution in [0.3, 0.4) is 0 Å². The molecule has 0 aliphatic carbocycles. The van der Waals surface area contributed by atoms with E-state index in [1.54, 1.807) is 6.33 Å². The molecule has 0 bridgehead atoms. The fourth-order valence-electron chi connectivity index (χ4n) is 4.63. The van der Waals surface area contributed by atoms with Crippen molar-refractivity contribution in [2.45, 2.75) is 6.54 Å².